The number of hydrogen-bond acceptors (Lipinski definition) is 3. The zero-order valence-corrected chi connectivity index (χ0v) is 15.4. The Morgan fingerprint density at radius 3 is 2.32 bits per heavy atom. The van der Waals surface area contributed by atoms with Gasteiger partial charge < -0.3 is 4.90 Å². The molecule has 4 rings (SSSR count). The Bertz CT molecular complexity index is 946. The van der Waals surface area contributed by atoms with Gasteiger partial charge in [0.1, 0.15) is 5.82 Å². The highest BCUT2D eigenvalue weighted by molar-refractivity contribution is 6.21. The van der Waals surface area contributed by atoms with Gasteiger partial charge in [0.15, 0.2) is 6.04 Å². The second-order valence-corrected chi connectivity index (χ2v) is 7.49. The molecule has 2 aromatic rings. The number of rotatable bonds is 3. The van der Waals surface area contributed by atoms with Crippen molar-refractivity contribution in [1.29, 1.82) is 5.26 Å². The van der Waals surface area contributed by atoms with Crippen LogP contribution in [-0.2, 0) is 15.0 Å². The van der Waals surface area contributed by atoms with E-state index in [-0.39, 0.29) is 23.9 Å². The maximum absolute atomic E-state index is 14.1. The Hall–Kier alpha value is -3.04. The summed E-state index contributed by atoms with van der Waals surface area (Å²) in [7, 11) is 0. The number of nitrogens with zero attached hydrogens (tertiary/aromatic N) is 2. The van der Waals surface area contributed by atoms with Gasteiger partial charge in [-0.15, -0.1) is 0 Å². The summed E-state index contributed by atoms with van der Waals surface area (Å²) >= 11 is 0. The highest BCUT2D eigenvalue weighted by atomic mass is 19.1. The van der Waals surface area contributed by atoms with E-state index in [9.17, 15) is 19.2 Å². The minimum Gasteiger partial charge on any atom is -0.324 e. The van der Waals surface area contributed by atoms with Crippen LogP contribution in [-0.4, -0.2) is 30.9 Å². The van der Waals surface area contributed by atoms with Crippen molar-refractivity contribution in [2.45, 2.75) is 30.7 Å². The largest absolute Gasteiger partial charge is 0.324 e. The molecule has 6 heteroatoms. The van der Waals surface area contributed by atoms with E-state index in [1.165, 1.54) is 18.2 Å². The average molecular weight is 378 g/mol. The fourth-order valence-electron chi connectivity index (χ4n) is 4.41. The van der Waals surface area contributed by atoms with Crippen molar-refractivity contribution >= 4 is 17.5 Å². The molecule has 0 saturated carbocycles. The van der Waals surface area contributed by atoms with Gasteiger partial charge in [-0.05, 0) is 17.7 Å². The first-order chi connectivity index (χ1) is 13.6. The highest BCUT2D eigenvalue weighted by Crippen LogP contribution is 2.32. The van der Waals surface area contributed by atoms with Crippen molar-refractivity contribution in [3.05, 3.63) is 66.0 Å². The standard InChI is InChI=1S/C22H20FN3O2/c23-17-8-4-5-9-18(17)26-20(27)14-19(21(26)28)25-12-10-22(15-24,11-13-25)16-6-2-1-3-7-16/h1-9,19H,10-14H2/p+1/t19-/m0/s1. The molecule has 28 heavy (non-hydrogen) atoms. The van der Waals surface area contributed by atoms with Gasteiger partial charge in [0.2, 0.25) is 5.91 Å². The third-order valence-corrected chi connectivity index (χ3v) is 6.02. The zero-order chi connectivity index (χ0) is 19.7. The van der Waals surface area contributed by atoms with E-state index in [4.69, 9.17) is 0 Å². The van der Waals surface area contributed by atoms with Crippen LogP contribution in [0.1, 0.15) is 24.8 Å². The fourth-order valence-corrected chi connectivity index (χ4v) is 4.41. The lowest BCUT2D eigenvalue weighted by atomic mass is 9.74. The summed E-state index contributed by atoms with van der Waals surface area (Å²) in [6.45, 7) is 1.24. The first kappa shape index (κ1) is 18.3. The van der Waals surface area contributed by atoms with Gasteiger partial charge in [0.05, 0.1) is 36.7 Å². The van der Waals surface area contributed by atoms with Crippen molar-refractivity contribution in [2.75, 3.05) is 18.0 Å². The molecule has 0 radical (unpaired) electrons. The number of benzene rings is 2. The Balaban J connectivity index is 1.51. The van der Waals surface area contributed by atoms with Crippen molar-refractivity contribution in [3.63, 3.8) is 0 Å². The fraction of sp³-hybridized carbons (Fsp3) is 0.318. The number of para-hydroxylation sites is 1. The number of halogens is 1. The minimum absolute atomic E-state index is 0.0204. The van der Waals surface area contributed by atoms with Gasteiger partial charge in [-0.2, -0.15) is 5.26 Å². The highest BCUT2D eigenvalue weighted by Gasteiger charge is 2.49. The van der Waals surface area contributed by atoms with Crippen molar-refractivity contribution in [3.8, 4) is 6.07 Å². The zero-order valence-electron chi connectivity index (χ0n) is 15.4. The number of nitrogens with one attached hydrogen (secondary N) is 1. The van der Waals surface area contributed by atoms with E-state index in [2.05, 4.69) is 6.07 Å². The van der Waals surface area contributed by atoms with E-state index < -0.39 is 17.3 Å². The van der Waals surface area contributed by atoms with Crippen molar-refractivity contribution in [2.24, 2.45) is 0 Å². The number of amides is 2. The number of carbonyl (C=O) groups is 2. The number of carbonyl (C=O) groups excluding carboxylic acids is 2. The molecule has 0 spiro atoms. The molecule has 2 fully saturated rings. The minimum atomic E-state index is -0.578. The third-order valence-electron chi connectivity index (χ3n) is 6.02. The van der Waals surface area contributed by atoms with Crippen LogP contribution in [0.3, 0.4) is 0 Å². The van der Waals surface area contributed by atoms with E-state index in [0.717, 1.165) is 15.4 Å². The Morgan fingerprint density at radius 2 is 1.68 bits per heavy atom. The summed E-state index contributed by atoms with van der Waals surface area (Å²) < 4.78 is 14.1. The molecular weight excluding hydrogens is 357 g/mol. The Morgan fingerprint density at radius 1 is 1.04 bits per heavy atom. The van der Waals surface area contributed by atoms with Gasteiger partial charge in [-0.1, -0.05) is 42.5 Å². The number of likely N-dealkylation sites (tertiary alicyclic amines) is 1. The molecule has 1 N–H and O–H groups in total. The first-order valence-corrected chi connectivity index (χ1v) is 9.48. The maximum atomic E-state index is 14.1. The number of piperidine rings is 1. The predicted molar refractivity (Wildman–Crippen MR) is 101 cm³/mol. The molecule has 0 bridgehead atoms. The van der Waals surface area contributed by atoms with Crippen LogP contribution >= 0.6 is 0 Å². The summed E-state index contributed by atoms with van der Waals surface area (Å²) in [5.74, 6) is -1.30. The van der Waals surface area contributed by atoms with Crippen LogP contribution in [0.15, 0.2) is 54.6 Å². The molecule has 0 aromatic heterocycles. The predicted octanol–water partition coefficient (Wildman–Crippen LogP) is 1.60. The van der Waals surface area contributed by atoms with Crippen LogP contribution in [0.2, 0.25) is 0 Å². The smallest absolute Gasteiger partial charge is 0.292 e. The van der Waals surface area contributed by atoms with E-state index in [1.807, 2.05) is 30.3 Å². The quantitative estimate of drug-likeness (QED) is 0.825. The second-order valence-electron chi connectivity index (χ2n) is 7.49. The van der Waals surface area contributed by atoms with E-state index in [1.54, 1.807) is 6.07 Å². The van der Waals surface area contributed by atoms with E-state index >= 15 is 0 Å². The van der Waals surface area contributed by atoms with Crippen molar-refractivity contribution in [1.82, 2.24) is 0 Å². The summed E-state index contributed by atoms with van der Waals surface area (Å²) in [4.78, 5) is 27.4. The molecule has 2 aliphatic heterocycles. The molecule has 2 aromatic carbocycles. The first-order valence-electron chi connectivity index (χ1n) is 9.48. The molecule has 2 saturated heterocycles. The maximum Gasteiger partial charge on any atom is 0.292 e. The van der Waals surface area contributed by atoms with Crippen LogP contribution < -0.4 is 9.80 Å². The number of quaternary nitrogens is 1. The molecule has 0 aliphatic carbocycles. The lowest BCUT2D eigenvalue weighted by Gasteiger charge is -2.37. The molecule has 2 aliphatic rings. The molecule has 0 unspecified atom stereocenters. The second kappa shape index (κ2) is 7.17. The van der Waals surface area contributed by atoms with Crippen LogP contribution in [0.25, 0.3) is 0 Å². The number of imide groups is 1. The topological polar surface area (TPSA) is 65.6 Å². The lowest BCUT2D eigenvalue weighted by molar-refractivity contribution is -0.920. The summed E-state index contributed by atoms with van der Waals surface area (Å²) in [6.07, 6.45) is 1.33. The summed E-state index contributed by atoms with van der Waals surface area (Å²) in [6, 6.07) is 17.5. The van der Waals surface area contributed by atoms with Gasteiger partial charge >= 0.3 is 0 Å². The monoisotopic (exact) mass is 378 g/mol. The molecule has 142 valence electrons. The molecule has 1 atom stereocenters. The van der Waals surface area contributed by atoms with Gasteiger partial charge in [-0.25, -0.2) is 9.29 Å². The summed E-state index contributed by atoms with van der Waals surface area (Å²) in [5.41, 5.74) is 0.465. The van der Waals surface area contributed by atoms with Gasteiger partial charge in [0.25, 0.3) is 5.91 Å². The average Bonchev–Trinajstić information content (AvgIpc) is 3.03. The number of hydrogen-bond donors (Lipinski definition) is 1. The van der Waals surface area contributed by atoms with Crippen LogP contribution in [0, 0.1) is 17.1 Å². The van der Waals surface area contributed by atoms with Crippen LogP contribution in [0.4, 0.5) is 10.1 Å². The molecule has 2 amide bonds. The Kier molecular flexibility index (Phi) is 4.70. The molecule has 2 heterocycles. The normalized spacial score (nSPS) is 27.6. The van der Waals surface area contributed by atoms with Gasteiger partial charge in [-0.3, -0.25) is 9.59 Å². The lowest BCUT2D eigenvalue weighted by Crippen LogP contribution is -3.18. The SMILES string of the molecule is N#CC1(c2ccccc2)CC[NH+]([C@H]2CC(=O)N(c3ccccc3F)C2=O)CC1. The Labute approximate surface area is 163 Å². The number of anilines is 1. The van der Waals surface area contributed by atoms with Crippen LogP contribution in [0.5, 0.6) is 0 Å². The van der Waals surface area contributed by atoms with E-state index in [0.29, 0.717) is 25.9 Å². The molecular formula is C22H21FN3O2+. The number of nitriles is 1. The molecule has 5 nitrogen and oxygen atoms in total. The summed E-state index contributed by atoms with van der Waals surface area (Å²) in [5, 5.41) is 9.83. The third kappa shape index (κ3) is 2.98. The van der Waals surface area contributed by atoms with Gasteiger partial charge in [0, 0.05) is 12.8 Å². The van der Waals surface area contributed by atoms with Crippen molar-refractivity contribution < 1.29 is 18.9 Å².